The molecule has 9 rings (SSSR count). The van der Waals surface area contributed by atoms with E-state index < -0.39 is 0 Å². The largest absolute Gasteiger partial charge is 0.456 e. The zero-order valence-electron chi connectivity index (χ0n) is 22.7. The average molecular weight is 553 g/mol. The Morgan fingerprint density at radius 1 is 0.405 bits per heavy atom. The topological polar surface area (TPSA) is 13.1 Å². The Labute approximate surface area is 246 Å². The van der Waals surface area contributed by atoms with Crippen LogP contribution in [0.25, 0.3) is 87.0 Å². The second-order valence-electron chi connectivity index (χ2n) is 10.9. The van der Waals surface area contributed by atoms with Crippen molar-refractivity contribution in [1.82, 2.24) is 0 Å². The summed E-state index contributed by atoms with van der Waals surface area (Å²) >= 11 is 1.82. The highest BCUT2D eigenvalue weighted by molar-refractivity contribution is 7.17. The van der Waals surface area contributed by atoms with Gasteiger partial charge < -0.3 is 4.42 Å². The summed E-state index contributed by atoms with van der Waals surface area (Å²) < 4.78 is 7.71. The summed E-state index contributed by atoms with van der Waals surface area (Å²) in [4.78, 5) is 0. The molecule has 0 aliphatic heterocycles. The highest BCUT2D eigenvalue weighted by Crippen LogP contribution is 2.47. The second-order valence-corrected chi connectivity index (χ2v) is 11.8. The molecule has 9 aromatic rings. The van der Waals surface area contributed by atoms with Gasteiger partial charge in [0, 0.05) is 26.4 Å². The van der Waals surface area contributed by atoms with Gasteiger partial charge in [-0.05, 0) is 97.2 Å². The molecule has 0 bridgehead atoms. The summed E-state index contributed by atoms with van der Waals surface area (Å²) in [5, 5.41) is 10.9. The highest BCUT2D eigenvalue weighted by Gasteiger charge is 2.19. The molecule has 2 heteroatoms. The van der Waals surface area contributed by atoms with Gasteiger partial charge in [-0.15, -0.1) is 11.3 Å². The molecule has 0 saturated heterocycles. The van der Waals surface area contributed by atoms with E-state index in [0.717, 1.165) is 21.9 Å². The fourth-order valence-corrected chi connectivity index (χ4v) is 7.52. The number of para-hydroxylation sites is 1. The monoisotopic (exact) mass is 552 g/mol. The molecule has 0 saturated carbocycles. The first kappa shape index (κ1) is 23.5. The van der Waals surface area contributed by atoms with E-state index in [2.05, 4.69) is 139 Å². The first-order valence-electron chi connectivity index (χ1n) is 14.2. The van der Waals surface area contributed by atoms with Crippen LogP contribution in [0.4, 0.5) is 0 Å². The van der Waals surface area contributed by atoms with E-state index in [9.17, 15) is 0 Å². The van der Waals surface area contributed by atoms with Gasteiger partial charge in [0.15, 0.2) is 0 Å². The fraction of sp³-hybridized carbons (Fsp3) is 0. The fourth-order valence-electron chi connectivity index (χ4n) is 6.55. The maximum Gasteiger partial charge on any atom is 0.136 e. The summed E-state index contributed by atoms with van der Waals surface area (Å²) in [6.07, 6.45) is 0. The van der Waals surface area contributed by atoms with Crippen LogP contribution < -0.4 is 0 Å². The molecule has 0 unspecified atom stereocenters. The van der Waals surface area contributed by atoms with Crippen molar-refractivity contribution in [3.63, 3.8) is 0 Å². The minimum absolute atomic E-state index is 0.921. The molecule has 7 aromatic carbocycles. The van der Waals surface area contributed by atoms with Crippen molar-refractivity contribution in [2.75, 3.05) is 0 Å². The van der Waals surface area contributed by atoms with Crippen LogP contribution >= 0.6 is 11.3 Å². The number of furan rings is 1. The van der Waals surface area contributed by atoms with Crippen molar-refractivity contribution in [1.29, 1.82) is 0 Å². The Morgan fingerprint density at radius 2 is 1.12 bits per heavy atom. The van der Waals surface area contributed by atoms with E-state index in [1.165, 1.54) is 65.0 Å². The summed E-state index contributed by atoms with van der Waals surface area (Å²) in [7, 11) is 0. The molecule has 2 heterocycles. The van der Waals surface area contributed by atoms with Gasteiger partial charge in [0.1, 0.15) is 11.2 Å². The molecule has 0 spiro atoms. The molecule has 2 aromatic heterocycles. The first-order valence-corrected chi connectivity index (χ1v) is 15.1. The summed E-state index contributed by atoms with van der Waals surface area (Å²) in [6.45, 7) is 0. The van der Waals surface area contributed by atoms with E-state index in [1.54, 1.807) is 0 Å². The molecule has 196 valence electrons. The Balaban J connectivity index is 1.50. The van der Waals surface area contributed by atoms with Crippen LogP contribution in [-0.4, -0.2) is 0 Å². The average Bonchev–Trinajstić information content (AvgIpc) is 3.65. The number of fused-ring (bicyclic) bond motifs is 7. The highest BCUT2D eigenvalue weighted by atomic mass is 32.1. The van der Waals surface area contributed by atoms with Crippen LogP contribution in [0.3, 0.4) is 0 Å². The molecule has 0 radical (unpaired) electrons. The Bertz CT molecular complexity index is 2450. The molecular weight excluding hydrogens is 529 g/mol. The van der Waals surface area contributed by atoms with Crippen LogP contribution in [0.5, 0.6) is 0 Å². The van der Waals surface area contributed by atoms with Crippen molar-refractivity contribution in [3.8, 4) is 33.4 Å². The van der Waals surface area contributed by atoms with E-state index in [0.29, 0.717) is 0 Å². The lowest BCUT2D eigenvalue weighted by molar-refractivity contribution is 0.669. The summed E-state index contributed by atoms with van der Waals surface area (Å²) in [6, 6.07) is 50.4. The third-order valence-electron chi connectivity index (χ3n) is 8.51. The molecule has 0 atom stereocenters. The second kappa shape index (κ2) is 9.17. The third-order valence-corrected chi connectivity index (χ3v) is 9.47. The van der Waals surface area contributed by atoms with Gasteiger partial charge in [-0.25, -0.2) is 0 Å². The molecule has 0 fully saturated rings. The minimum atomic E-state index is 0.921. The Hall–Kier alpha value is -5.18. The Morgan fingerprint density at radius 3 is 1.95 bits per heavy atom. The van der Waals surface area contributed by atoms with Gasteiger partial charge >= 0.3 is 0 Å². The molecule has 1 nitrogen and oxygen atoms in total. The van der Waals surface area contributed by atoms with Gasteiger partial charge in [0.05, 0.1) is 0 Å². The summed E-state index contributed by atoms with van der Waals surface area (Å²) in [5.41, 5.74) is 9.26. The van der Waals surface area contributed by atoms with Crippen LogP contribution in [0, 0.1) is 0 Å². The predicted octanol–water partition coefficient (Wildman–Crippen LogP) is 12.1. The third kappa shape index (κ3) is 3.56. The zero-order valence-corrected chi connectivity index (χ0v) is 23.5. The lowest BCUT2D eigenvalue weighted by Gasteiger charge is -2.17. The number of hydrogen-bond acceptors (Lipinski definition) is 2. The molecule has 0 aliphatic rings. The lowest BCUT2D eigenvalue weighted by atomic mass is 9.85. The predicted molar refractivity (Wildman–Crippen MR) is 180 cm³/mol. The van der Waals surface area contributed by atoms with Crippen molar-refractivity contribution in [2.24, 2.45) is 0 Å². The Kier molecular flexibility index (Phi) is 5.13. The lowest BCUT2D eigenvalue weighted by Crippen LogP contribution is -1.91. The number of thiophene rings is 1. The van der Waals surface area contributed by atoms with Crippen LogP contribution in [0.1, 0.15) is 0 Å². The van der Waals surface area contributed by atoms with Crippen molar-refractivity contribution in [3.05, 3.63) is 145 Å². The molecule has 42 heavy (non-hydrogen) atoms. The zero-order chi connectivity index (χ0) is 27.6. The van der Waals surface area contributed by atoms with Crippen LogP contribution in [0.2, 0.25) is 0 Å². The first-order chi connectivity index (χ1) is 20.8. The van der Waals surface area contributed by atoms with E-state index in [4.69, 9.17) is 4.42 Å². The van der Waals surface area contributed by atoms with Crippen molar-refractivity contribution < 1.29 is 4.42 Å². The van der Waals surface area contributed by atoms with Crippen molar-refractivity contribution >= 4 is 64.9 Å². The van der Waals surface area contributed by atoms with E-state index in [1.807, 2.05) is 17.4 Å². The van der Waals surface area contributed by atoms with Gasteiger partial charge in [0.2, 0.25) is 0 Å². The molecule has 0 amide bonds. The summed E-state index contributed by atoms with van der Waals surface area (Å²) in [5.74, 6) is 0. The molecular formula is C40H24OS. The molecule has 0 N–H and O–H groups in total. The maximum atomic E-state index is 6.40. The normalized spacial score (nSPS) is 11.8. The number of hydrogen-bond donors (Lipinski definition) is 0. The van der Waals surface area contributed by atoms with Crippen LogP contribution in [0.15, 0.2) is 149 Å². The number of benzene rings is 7. The number of rotatable bonds is 3. The van der Waals surface area contributed by atoms with Gasteiger partial charge in [0.25, 0.3) is 0 Å². The van der Waals surface area contributed by atoms with Gasteiger partial charge in [-0.1, -0.05) is 97.1 Å². The van der Waals surface area contributed by atoms with Crippen LogP contribution in [-0.2, 0) is 0 Å². The SMILES string of the molecule is c1ccc(-c2cc(-c3ccccc3)c3c(-c4csc5ccccc45)cc4cc5c(cc4c3c2)oc2ccccc25)cc1. The quantitative estimate of drug-likeness (QED) is 0.199. The van der Waals surface area contributed by atoms with Gasteiger partial charge in [-0.3, -0.25) is 0 Å². The molecule has 0 aliphatic carbocycles. The van der Waals surface area contributed by atoms with Crippen molar-refractivity contribution in [2.45, 2.75) is 0 Å². The standard InChI is InChI=1S/C40H24OS/c1-3-11-25(12-4-1)27-19-32(26-13-5-2-6-14-26)40-34(20-27)31-23-38-33(29-15-7-9-17-37(29)41-38)21-28(31)22-35(40)36-24-42-39-18-10-8-16-30(36)39/h1-24H. The van der Waals surface area contributed by atoms with E-state index >= 15 is 0 Å². The maximum absolute atomic E-state index is 6.40. The van der Waals surface area contributed by atoms with Gasteiger partial charge in [-0.2, -0.15) is 0 Å². The minimum Gasteiger partial charge on any atom is -0.456 e. The van der Waals surface area contributed by atoms with E-state index in [-0.39, 0.29) is 0 Å². The smallest absolute Gasteiger partial charge is 0.136 e.